The fraction of sp³-hybridized carbons (Fsp3) is 0.375. The lowest BCUT2D eigenvalue weighted by atomic mass is 10.1. The maximum Gasteiger partial charge on any atom is 0.354 e. The van der Waals surface area contributed by atoms with Crippen LogP contribution < -0.4 is 4.90 Å². The molecule has 2 aromatic rings. The van der Waals surface area contributed by atoms with Crippen LogP contribution >= 0.6 is 0 Å². The van der Waals surface area contributed by atoms with Gasteiger partial charge in [0, 0.05) is 31.4 Å². The Hall–Kier alpha value is -2.90. The summed E-state index contributed by atoms with van der Waals surface area (Å²) >= 11 is 0. The van der Waals surface area contributed by atoms with Crippen LogP contribution in [0.2, 0.25) is 0 Å². The summed E-state index contributed by atoms with van der Waals surface area (Å²) in [5.74, 6) is -0.532. The van der Waals surface area contributed by atoms with E-state index in [1.165, 1.54) is 6.07 Å². The standard InChI is InChI=1S/C16H19N5O3/c1-10-8-13(19-18-10)15(22)20-6-7-21(11(2)9-20)14-5-3-4-12(17-14)16(23)24/h3-5,8,11H,6-7,9H2,1-2H3,(H,18,19)(H,23,24)/t11-/m1/s1. The number of carbonyl (C=O) groups excluding carboxylic acids is 1. The molecule has 8 heteroatoms. The number of pyridine rings is 1. The van der Waals surface area contributed by atoms with E-state index in [1.807, 2.05) is 18.7 Å². The quantitative estimate of drug-likeness (QED) is 0.876. The zero-order valence-corrected chi connectivity index (χ0v) is 13.6. The molecule has 8 nitrogen and oxygen atoms in total. The summed E-state index contributed by atoms with van der Waals surface area (Å²) in [6, 6.07) is 6.70. The molecular formula is C16H19N5O3. The van der Waals surface area contributed by atoms with E-state index in [9.17, 15) is 9.59 Å². The minimum Gasteiger partial charge on any atom is -0.477 e. The average molecular weight is 329 g/mol. The molecule has 3 heterocycles. The van der Waals surface area contributed by atoms with E-state index >= 15 is 0 Å². The van der Waals surface area contributed by atoms with E-state index in [0.717, 1.165) is 5.69 Å². The van der Waals surface area contributed by atoms with Gasteiger partial charge in [0.2, 0.25) is 0 Å². The van der Waals surface area contributed by atoms with Crippen molar-refractivity contribution < 1.29 is 14.7 Å². The van der Waals surface area contributed by atoms with Crippen LogP contribution in [0.5, 0.6) is 0 Å². The lowest BCUT2D eigenvalue weighted by Gasteiger charge is -2.40. The van der Waals surface area contributed by atoms with Crippen molar-refractivity contribution in [2.45, 2.75) is 19.9 Å². The summed E-state index contributed by atoms with van der Waals surface area (Å²) < 4.78 is 0. The highest BCUT2D eigenvalue weighted by Gasteiger charge is 2.29. The number of carboxylic acid groups (broad SMARTS) is 1. The molecule has 0 radical (unpaired) electrons. The van der Waals surface area contributed by atoms with E-state index in [2.05, 4.69) is 15.2 Å². The van der Waals surface area contributed by atoms with Gasteiger partial charge in [-0.2, -0.15) is 5.10 Å². The lowest BCUT2D eigenvalue weighted by Crippen LogP contribution is -2.54. The van der Waals surface area contributed by atoms with E-state index < -0.39 is 5.97 Å². The molecule has 0 aliphatic carbocycles. The van der Waals surface area contributed by atoms with Gasteiger partial charge in [0.05, 0.1) is 0 Å². The second-order valence-corrected chi connectivity index (χ2v) is 5.92. The average Bonchev–Trinajstić information content (AvgIpc) is 3.00. The summed E-state index contributed by atoms with van der Waals surface area (Å²) in [4.78, 5) is 31.5. The largest absolute Gasteiger partial charge is 0.477 e. The molecule has 0 unspecified atom stereocenters. The number of aromatic carboxylic acids is 1. The van der Waals surface area contributed by atoms with Crippen molar-refractivity contribution in [3.63, 3.8) is 0 Å². The number of aromatic amines is 1. The second kappa shape index (κ2) is 6.31. The molecule has 3 rings (SSSR count). The molecule has 1 saturated heterocycles. The van der Waals surface area contributed by atoms with Gasteiger partial charge in [0.15, 0.2) is 5.69 Å². The minimum atomic E-state index is -1.05. The number of aryl methyl sites for hydroxylation is 1. The summed E-state index contributed by atoms with van der Waals surface area (Å²) in [6.07, 6.45) is 0. The van der Waals surface area contributed by atoms with Gasteiger partial charge in [-0.25, -0.2) is 9.78 Å². The van der Waals surface area contributed by atoms with E-state index in [4.69, 9.17) is 5.11 Å². The molecule has 1 aliphatic heterocycles. The number of nitrogens with one attached hydrogen (secondary N) is 1. The van der Waals surface area contributed by atoms with Crippen molar-refractivity contribution in [2.75, 3.05) is 24.5 Å². The van der Waals surface area contributed by atoms with Crippen LogP contribution in [0.25, 0.3) is 0 Å². The van der Waals surface area contributed by atoms with Crippen LogP contribution in [0.15, 0.2) is 24.3 Å². The van der Waals surface area contributed by atoms with Gasteiger partial charge in [-0.1, -0.05) is 6.07 Å². The Morgan fingerprint density at radius 3 is 2.71 bits per heavy atom. The lowest BCUT2D eigenvalue weighted by molar-refractivity contribution is 0.0690. The number of rotatable bonds is 3. The molecule has 0 saturated carbocycles. The van der Waals surface area contributed by atoms with Gasteiger partial charge >= 0.3 is 5.97 Å². The van der Waals surface area contributed by atoms with Gasteiger partial charge in [-0.05, 0) is 32.0 Å². The number of amides is 1. The monoisotopic (exact) mass is 329 g/mol. The summed E-state index contributed by atoms with van der Waals surface area (Å²) in [7, 11) is 0. The SMILES string of the molecule is Cc1cc(C(=O)N2CCN(c3cccc(C(=O)O)n3)[C@H](C)C2)n[nH]1. The van der Waals surface area contributed by atoms with Gasteiger partial charge < -0.3 is 14.9 Å². The van der Waals surface area contributed by atoms with E-state index in [0.29, 0.717) is 31.1 Å². The molecule has 2 N–H and O–H groups in total. The number of hydrogen-bond acceptors (Lipinski definition) is 5. The Kier molecular flexibility index (Phi) is 4.20. The predicted molar refractivity (Wildman–Crippen MR) is 87.2 cm³/mol. The smallest absolute Gasteiger partial charge is 0.354 e. The van der Waals surface area contributed by atoms with Crippen LogP contribution in [0.3, 0.4) is 0 Å². The molecule has 1 aliphatic rings. The number of nitrogens with zero attached hydrogens (tertiary/aromatic N) is 4. The van der Waals surface area contributed by atoms with Crippen LogP contribution in [-0.2, 0) is 0 Å². The molecule has 2 aromatic heterocycles. The van der Waals surface area contributed by atoms with Crippen molar-refractivity contribution >= 4 is 17.7 Å². The number of piperazine rings is 1. The molecule has 1 atom stereocenters. The first kappa shape index (κ1) is 16.0. The maximum absolute atomic E-state index is 12.5. The van der Waals surface area contributed by atoms with Crippen molar-refractivity contribution in [1.29, 1.82) is 0 Å². The Morgan fingerprint density at radius 1 is 1.29 bits per heavy atom. The number of anilines is 1. The second-order valence-electron chi connectivity index (χ2n) is 5.92. The molecule has 0 bridgehead atoms. The molecule has 126 valence electrons. The molecule has 0 spiro atoms. The zero-order chi connectivity index (χ0) is 17.3. The number of hydrogen-bond donors (Lipinski definition) is 2. The highest BCUT2D eigenvalue weighted by Crippen LogP contribution is 2.20. The Morgan fingerprint density at radius 2 is 2.08 bits per heavy atom. The van der Waals surface area contributed by atoms with E-state index in [1.54, 1.807) is 23.1 Å². The summed E-state index contributed by atoms with van der Waals surface area (Å²) in [5.41, 5.74) is 1.28. The highest BCUT2D eigenvalue weighted by molar-refractivity contribution is 5.92. The third kappa shape index (κ3) is 3.08. The van der Waals surface area contributed by atoms with Crippen molar-refractivity contribution in [1.82, 2.24) is 20.1 Å². The van der Waals surface area contributed by atoms with Crippen LogP contribution in [-0.4, -0.2) is 62.7 Å². The van der Waals surface area contributed by atoms with Crippen molar-refractivity contribution in [2.24, 2.45) is 0 Å². The first-order valence-corrected chi connectivity index (χ1v) is 7.74. The summed E-state index contributed by atoms with van der Waals surface area (Å²) in [5, 5.41) is 15.9. The minimum absolute atomic E-state index is 0.0187. The maximum atomic E-state index is 12.5. The third-order valence-electron chi connectivity index (χ3n) is 4.09. The normalized spacial score (nSPS) is 17.8. The first-order chi connectivity index (χ1) is 11.5. The van der Waals surface area contributed by atoms with Crippen LogP contribution in [0.4, 0.5) is 5.82 Å². The molecule has 0 aromatic carbocycles. The Balaban J connectivity index is 1.72. The first-order valence-electron chi connectivity index (χ1n) is 7.74. The Labute approximate surface area is 139 Å². The number of carboxylic acids is 1. The molecule has 24 heavy (non-hydrogen) atoms. The van der Waals surface area contributed by atoms with Gasteiger partial charge in [0.1, 0.15) is 11.5 Å². The van der Waals surface area contributed by atoms with Crippen LogP contribution in [0, 0.1) is 6.92 Å². The zero-order valence-electron chi connectivity index (χ0n) is 13.6. The van der Waals surface area contributed by atoms with E-state index in [-0.39, 0.29) is 17.6 Å². The number of H-pyrrole nitrogens is 1. The number of carbonyl (C=O) groups is 2. The molecule has 1 fully saturated rings. The third-order valence-corrected chi connectivity index (χ3v) is 4.09. The van der Waals surface area contributed by atoms with Crippen molar-refractivity contribution in [3.05, 3.63) is 41.3 Å². The molecule has 1 amide bonds. The van der Waals surface area contributed by atoms with Crippen molar-refractivity contribution in [3.8, 4) is 0 Å². The van der Waals surface area contributed by atoms with Crippen LogP contribution in [0.1, 0.15) is 33.6 Å². The van der Waals surface area contributed by atoms with Gasteiger partial charge in [-0.15, -0.1) is 0 Å². The predicted octanol–water partition coefficient (Wildman–Crippen LogP) is 1.16. The van der Waals surface area contributed by atoms with Gasteiger partial charge in [-0.3, -0.25) is 9.89 Å². The Bertz CT molecular complexity index is 773. The highest BCUT2D eigenvalue weighted by atomic mass is 16.4. The summed E-state index contributed by atoms with van der Waals surface area (Å²) in [6.45, 7) is 5.50. The molecular weight excluding hydrogens is 310 g/mol. The topological polar surface area (TPSA) is 102 Å². The number of aromatic nitrogens is 3. The van der Waals surface area contributed by atoms with Gasteiger partial charge in [0.25, 0.3) is 5.91 Å². The fourth-order valence-corrected chi connectivity index (χ4v) is 2.87. The fourth-order valence-electron chi connectivity index (χ4n) is 2.87.